The van der Waals surface area contributed by atoms with Gasteiger partial charge in [-0.15, -0.1) is 0 Å². The van der Waals surface area contributed by atoms with Crippen LogP contribution < -0.4 is 11.1 Å². The van der Waals surface area contributed by atoms with Gasteiger partial charge in [-0.05, 0) is 38.0 Å². The summed E-state index contributed by atoms with van der Waals surface area (Å²) in [5.41, 5.74) is 5.32. The van der Waals surface area contributed by atoms with Crippen LogP contribution in [0.3, 0.4) is 0 Å². The van der Waals surface area contributed by atoms with E-state index in [0.717, 1.165) is 31.8 Å². The van der Waals surface area contributed by atoms with Gasteiger partial charge in [-0.1, -0.05) is 12.8 Å². The van der Waals surface area contributed by atoms with E-state index in [1.54, 1.807) is 4.90 Å². The highest BCUT2D eigenvalue weighted by atomic mass is 16.2. The zero-order valence-electron chi connectivity index (χ0n) is 14.0. The third-order valence-electron chi connectivity index (χ3n) is 5.78. The van der Waals surface area contributed by atoms with Crippen molar-refractivity contribution in [3.05, 3.63) is 0 Å². The first-order chi connectivity index (χ1) is 11.1. The van der Waals surface area contributed by atoms with E-state index in [-0.39, 0.29) is 23.9 Å². The predicted molar refractivity (Wildman–Crippen MR) is 88.8 cm³/mol. The Kier molecular flexibility index (Phi) is 5.41. The summed E-state index contributed by atoms with van der Waals surface area (Å²) in [7, 11) is 0. The van der Waals surface area contributed by atoms with Crippen molar-refractivity contribution < 1.29 is 9.59 Å². The molecule has 0 bridgehead atoms. The van der Waals surface area contributed by atoms with Crippen molar-refractivity contribution in [2.45, 2.75) is 51.0 Å². The molecule has 2 aliphatic heterocycles. The summed E-state index contributed by atoms with van der Waals surface area (Å²) in [6, 6.07) is 0.248. The summed E-state index contributed by atoms with van der Waals surface area (Å²) in [5, 5.41) is 3.14. The number of rotatable bonds is 4. The second-order valence-electron chi connectivity index (χ2n) is 7.51. The molecular weight excluding hydrogens is 292 g/mol. The summed E-state index contributed by atoms with van der Waals surface area (Å²) < 4.78 is 0. The van der Waals surface area contributed by atoms with E-state index in [4.69, 9.17) is 5.73 Å². The number of amides is 3. The van der Waals surface area contributed by atoms with Crippen molar-refractivity contribution in [3.8, 4) is 0 Å². The third-order valence-corrected chi connectivity index (χ3v) is 5.78. The van der Waals surface area contributed by atoms with E-state index in [1.165, 1.54) is 32.2 Å². The van der Waals surface area contributed by atoms with Crippen molar-refractivity contribution in [1.29, 1.82) is 0 Å². The lowest BCUT2D eigenvalue weighted by molar-refractivity contribution is -0.121. The minimum atomic E-state index is -0.291. The van der Waals surface area contributed by atoms with Gasteiger partial charge in [0, 0.05) is 38.8 Å². The minimum absolute atomic E-state index is 0.0250. The maximum absolute atomic E-state index is 12.3. The molecule has 0 spiro atoms. The molecule has 0 aromatic carbocycles. The highest BCUT2D eigenvalue weighted by molar-refractivity contribution is 5.80. The molecule has 6 heteroatoms. The SMILES string of the molecule is NC(=O)[C@@H]1CCN(C(=O)NC2CCN(CC3CCCC3)CC2)C1. The molecule has 3 N–H and O–H groups in total. The summed E-state index contributed by atoms with van der Waals surface area (Å²) in [6.45, 7) is 4.53. The fourth-order valence-corrected chi connectivity index (χ4v) is 4.26. The van der Waals surface area contributed by atoms with E-state index >= 15 is 0 Å². The molecule has 0 radical (unpaired) electrons. The average Bonchev–Trinajstić information content (AvgIpc) is 3.20. The summed E-state index contributed by atoms with van der Waals surface area (Å²) >= 11 is 0. The second-order valence-corrected chi connectivity index (χ2v) is 7.51. The van der Waals surface area contributed by atoms with Crippen molar-refractivity contribution in [2.75, 3.05) is 32.7 Å². The average molecular weight is 322 g/mol. The van der Waals surface area contributed by atoms with Crippen molar-refractivity contribution in [2.24, 2.45) is 17.6 Å². The van der Waals surface area contributed by atoms with E-state index in [0.29, 0.717) is 19.5 Å². The Morgan fingerprint density at radius 2 is 1.70 bits per heavy atom. The number of hydrogen-bond donors (Lipinski definition) is 2. The molecule has 1 saturated carbocycles. The quantitative estimate of drug-likeness (QED) is 0.815. The van der Waals surface area contributed by atoms with Crippen LogP contribution in [0.15, 0.2) is 0 Å². The number of hydrogen-bond acceptors (Lipinski definition) is 3. The molecule has 3 fully saturated rings. The van der Waals surface area contributed by atoms with E-state index < -0.39 is 0 Å². The fourth-order valence-electron chi connectivity index (χ4n) is 4.26. The fraction of sp³-hybridized carbons (Fsp3) is 0.882. The number of primary amides is 1. The first-order valence-corrected chi connectivity index (χ1v) is 9.19. The first kappa shape index (κ1) is 16.6. The van der Waals surface area contributed by atoms with Crippen molar-refractivity contribution in [1.82, 2.24) is 15.1 Å². The monoisotopic (exact) mass is 322 g/mol. The van der Waals surface area contributed by atoms with Crippen LogP contribution >= 0.6 is 0 Å². The molecular formula is C17H30N4O2. The molecule has 1 aliphatic carbocycles. The lowest BCUT2D eigenvalue weighted by Crippen LogP contribution is -2.49. The molecule has 6 nitrogen and oxygen atoms in total. The van der Waals surface area contributed by atoms with Crippen LogP contribution in [0.4, 0.5) is 4.79 Å². The number of carbonyl (C=O) groups is 2. The standard InChI is InChI=1S/C17H30N4O2/c18-16(22)14-5-10-21(12-14)17(23)19-15-6-8-20(9-7-15)11-13-3-1-2-4-13/h13-15H,1-12H2,(H2,18,22)(H,19,23)/t14-/m1/s1. The van der Waals surface area contributed by atoms with Gasteiger partial charge >= 0.3 is 6.03 Å². The number of nitrogens with zero attached hydrogens (tertiary/aromatic N) is 2. The van der Waals surface area contributed by atoms with Crippen LogP contribution in [0.25, 0.3) is 0 Å². The van der Waals surface area contributed by atoms with Gasteiger partial charge in [0.1, 0.15) is 0 Å². The van der Waals surface area contributed by atoms with Crippen LogP contribution in [0, 0.1) is 11.8 Å². The molecule has 0 aromatic rings. The molecule has 130 valence electrons. The van der Waals surface area contributed by atoms with Gasteiger partial charge in [0.15, 0.2) is 0 Å². The predicted octanol–water partition coefficient (Wildman–Crippen LogP) is 1.16. The van der Waals surface area contributed by atoms with Crippen molar-refractivity contribution in [3.63, 3.8) is 0 Å². The number of likely N-dealkylation sites (tertiary alicyclic amines) is 2. The smallest absolute Gasteiger partial charge is 0.317 e. The molecule has 1 atom stereocenters. The molecule has 2 heterocycles. The van der Waals surface area contributed by atoms with Gasteiger partial charge in [-0.2, -0.15) is 0 Å². The lowest BCUT2D eigenvalue weighted by Gasteiger charge is -2.34. The maximum Gasteiger partial charge on any atom is 0.317 e. The highest BCUT2D eigenvalue weighted by Crippen LogP contribution is 2.26. The molecule has 3 aliphatic rings. The largest absolute Gasteiger partial charge is 0.369 e. The lowest BCUT2D eigenvalue weighted by atomic mass is 10.0. The third kappa shape index (κ3) is 4.37. The van der Waals surface area contributed by atoms with Gasteiger partial charge in [-0.25, -0.2) is 4.79 Å². The summed E-state index contributed by atoms with van der Waals surface area (Å²) in [5.74, 6) is 0.436. The Balaban J connectivity index is 1.37. The molecule has 3 amide bonds. The van der Waals surface area contributed by atoms with Crippen LogP contribution in [0.5, 0.6) is 0 Å². The van der Waals surface area contributed by atoms with Gasteiger partial charge in [0.2, 0.25) is 5.91 Å². The number of nitrogens with one attached hydrogen (secondary N) is 1. The van der Waals surface area contributed by atoms with Crippen molar-refractivity contribution >= 4 is 11.9 Å². The van der Waals surface area contributed by atoms with E-state index in [1.807, 2.05) is 0 Å². The van der Waals surface area contributed by atoms with Gasteiger partial charge in [0.05, 0.1) is 5.92 Å². The normalized spacial score (nSPS) is 27.5. The Hall–Kier alpha value is -1.30. The highest BCUT2D eigenvalue weighted by Gasteiger charge is 2.31. The zero-order chi connectivity index (χ0) is 16.2. The molecule has 2 saturated heterocycles. The Morgan fingerprint density at radius 3 is 2.30 bits per heavy atom. The number of urea groups is 1. The number of piperidine rings is 1. The molecule has 0 unspecified atom stereocenters. The Morgan fingerprint density at radius 1 is 1.00 bits per heavy atom. The zero-order valence-corrected chi connectivity index (χ0v) is 14.0. The topological polar surface area (TPSA) is 78.7 Å². The van der Waals surface area contributed by atoms with Gasteiger partial charge in [-0.3, -0.25) is 4.79 Å². The van der Waals surface area contributed by atoms with E-state index in [2.05, 4.69) is 10.2 Å². The second kappa shape index (κ2) is 7.51. The molecule has 0 aromatic heterocycles. The summed E-state index contributed by atoms with van der Waals surface area (Å²) in [4.78, 5) is 27.8. The van der Waals surface area contributed by atoms with Gasteiger partial charge in [0.25, 0.3) is 0 Å². The van der Waals surface area contributed by atoms with Crippen LogP contribution in [-0.4, -0.2) is 60.5 Å². The first-order valence-electron chi connectivity index (χ1n) is 9.19. The molecule has 3 rings (SSSR count). The Bertz CT molecular complexity index is 428. The van der Waals surface area contributed by atoms with E-state index in [9.17, 15) is 9.59 Å². The maximum atomic E-state index is 12.3. The van der Waals surface area contributed by atoms with Crippen LogP contribution in [0.2, 0.25) is 0 Å². The number of nitrogens with two attached hydrogens (primary N) is 1. The minimum Gasteiger partial charge on any atom is -0.369 e. The van der Waals surface area contributed by atoms with Gasteiger partial charge < -0.3 is 20.9 Å². The van der Waals surface area contributed by atoms with Crippen LogP contribution in [0.1, 0.15) is 44.9 Å². The summed E-state index contributed by atoms with van der Waals surface area (Å²) in [6.07, 6.45) is 8.36. The Labute approximate surface area is 138 Å². The molecule has 23 heavy (non-hydrogen) atoms. The van der Waals surface area contributed by atoms with Crippen LogP contribution in [-0.2, 0) is 4.79 Å². The number of carbonyl (C=O) groups excluding carboxylic acids is 2.